The summed E-state index contributed by atoms with van der Waals surface area (Å²) in [5, 5.41) is 21.0. The molecule has 30 heavy (non-hydrogen) atoms. The number of fused-ring (bicyclic) bond motifs is 1. The molecule has 0 atom stereocenters. The summed E-state index contributed by atoms with van der Waals surface area (Å²) in [6.07, 6.45) is -0.160. The normalized spacial score (nSPS) is 11.6. The minimum Gasteiger partial charge on any atom is -0.508 e. The SMILES string of the molecule is Cc1cc(O)c(Cc2c(O)cc(S(=O)(=O)O)c3ccccc23)cc1S(=O)(=O)O.[Na].[Na]. The number of phenolic OH excluding ortho intramolecular Hbond substituents is 2. The molecule has 12 heteroatoms. The Morgan fingerprint density at radius 1 is 0.767 bits per heavy atom. The summed E-state index contributed by atoms with van der Waals surface area (Å²) < 4.78 is 65.1. The fraction of sp³-hybridized carbons (Fsp3) is 0.111. The number of aromatic hydroxyl groups is 2. The van der Waals surface area contributed by atoms with E-state index in [0.29, 0.717) is 5.39 Å². The Morgan fingerprint density at radius 2 is 1.30 bits per heavy atom. The molecule has 4 N–H and O–H groups in total. The van der Waals surface area contributed by atoms with E-state index < -0.39 is 35.8 Å². The van der Waals surface area contributed by atoms with E-state index in [1.807, 2.05) is 0 Å². The molecule has 0 saturated heterocycles. The first kappa shape index (κ1) is 27.4. The maximum absolute atomic E-state index is 11.6. The zero-order valence-electron chi connectivity index (χ0n) is 16.5. The van der Waals surface area contributed by atoms with Crippen molar-refractivity contribution < 1.29 is 36.2 Å². The Balaban J connectivity index is 0.00000225. The van der Waals surface area contributed by atoms with Gasteiger partial charge < -0.3 is 10.2 Å². The van der Waals surface area contributed by atoms with Crippen molar-refractivity contribution >= 4 is 90.1 Å². The van der Waals surface area contributed by atoms with Gasteiger partial charge in [-0.25, -0.2) is 0 Å². The summed E-state index contributed by atoms with van der Waals surface area (Å²) in [6.45, 7) is 1.40. The van der Waals surface area contributed by atoms with Gasteiger partial charge in [-0.2, -0.15) is 16.8 Å². The van der Waals surface area contributed by atoms with E-state index in [9.17, 15) is 36.2 Å². The third-order valence-corrected chi connectivity index (χ3v) is 6.28. The number of aryl methyl sites for hydroxylation is 1. The van der Waals surface area contributed by atoms with Crippen LogP contribution in [0.3, 0.4) is 0 Å². The fourth-order valence-corrected chi connectivity index (χ4v) is 4.59. The van der Waals surface area contributed by atoms with Crippen molar-refractivity contribution in [2.75, 3.05) is 0 Å². The smallest absolute Gasteiger partial charge is 0.295 e. The minimum absolute atomic E-state index is 0. The van der Waals surface area contributed by atoms with Gasteiger partial charge in [-0.1, -0.05) is 24.3 Å². The molecular weight excluding hydrogens is 454 g/mol. The third kappa shape index (κ3) is 5.57. The van der Waals surface area contributed by atoms with Crippen LogP contribution in [0.15, 0.2) is 52.3 Å². The van der Waals surface area contributed by atoms with Crippen LogP contribution in [0, 0.1) is 6.92 Å². The Kier molecular flexibility index (Phi) is 9.00. The van der Waals surface area contributed by atoms with Gasteiger partial charge in [0.25, 0.3) is 20.2 Å². The largest absolute Gasteiger partial charge is 0.508 e. The molecule has 3 aromatic carbocycles. The molecule has 0 aliphatic carbocycles. The van der Waals surface area contributed by atoms with Crippen molar-refractivity contribution in [1.82, 2.24) is 0 Å². The summed E-state index contributed by atoms with van der Waals surface area (Å²) in [5.74, 6) is -0.716. The number of benzene rings is 3. The molecule has 3 aromatic rings. The van der Waals surface area contributed by atoms with Crippen LogP contribution in [-0.2, 0) is 26.7 Å². The maximum atomic E-state index is 11.6. The van der Waals surface area contributed by atoms with Crippen LogP contribution in [0.1, 0.15) is 16.7 Å². The molecule has 0 spiro atoms. The summed E-state index contributed by atoms with van der Waals surface area (Å²) in [4.78, 5) is -0.866. The van der Waals surface area contributed by atoms with Gasteiger partial charge >= 0.3 is 0 Å². The topological polar surface area (TPSA) is 149 Å². The average Bonchev–Trinajstić information content (AvgIpc) is 2.56. The second-order valence-corrected chi connectivity index (χ2v) is 9.07. The Morgan fingerprint density at radius 3 is 1.83 bits per heavy atom. The Labute approximate surface area is 218 Å². The molecule has 2 radical (unpaired) electrons. The molecule has 0 bridgehead atoms. The Hall–Kier alpha value is -0.660. The first-order valence-electron chi connectivity index (χ1n) is 7.90. The summed E-state index contributed by atoms with van der Waals surface area (Å²) >= 11 is 0. The van der Waals surface area contributed by atoms with E-state index in [1.165, 1.54) is 25.1 Å². The van der Waals surface area contributed by atoms with Crippen LogP contribution >= 0.6 is 0 Å². The van der Waals surface area contributed by atoms with Gasteiger partial charge in [0.1, 0.15) is 16.4 Å². The van der Waals surface area contributed by atoms with Crippen molar-refractivity contribution in [3.05, 3.63) is 59.2 Å². The first-order chi connectivity index (χ1) is 12.9. The van der Waals surface area contributed by atoms with E-state index in [0.717, 1.165) is 12.1 Å². The quantitative estimate of drug-likeness (QED) is 0.334. The van der Waals surface area contributed by atoms with E-state index in [4.69, 9.17) is 0 Å². The van der Waals surface area contributed by atoms with Gasteiger partial charge in [0, 0.05) is 82.6 Å². The number of rotatable bonds is 4. The molecule has 0 aromatic heterocycles. The predicted octanol–water partition coefficient (Wildman–Crippen LogP) is 1.88. The molecule has 0 saturated carbocycles. The summed E-state index contributed by atoms with van der Waals surface area (Å²) in [6, 6.07) is 9.26. The Bertz CT molecular complexity index is 1320. The van der Waals surface area contributed by atoms with Gasteiger partial charge in [-0.15, -0.1) is 0 Å². The number of hydrogen-bond acceptors (Lipinski definition) is 6. The van der Waals surface area contributed by atoms with Crippen LogP contribution in [0.4, 0.5) is 0 Å². The number of hydrogen-bond donors (Lipinski definition) is 4. The molecule has 0 heterocycles. The second-order valence-electron chi connectivity index (χ2n) is 6.29. The van der Waals surface area contributed by atoms with Crippen molar-refractivity contribution in [2.45, 2.75) is 23.1 Å². The number of phenols is 2. The third-order valence-electron chi connectivity index (χ3n) is 4.39. The van der Waals surface area contributed by atoms with Gasteiger partial charge in [0.2, 0.25) is 0 Å². The van der Waals surface area contributed by atoms with Crippen molar-refractivity contribution in [1.29, 1.82) is 0 Å². The minimum atomic E-state index is -4.60. The first-order valence-corrected chi connectivity index (χ1v) is 10.8. The van der Waals surface area contributed by atoms with Crippen molar-refractivity contribution in [3.63, 3.8) is 0 Å². The zero-order chi connectivity index (χ0) is 20.9. The van der Waals surface area contributed by atoms with Gasteiger partial charge in [0.05, 0.1) is 4.90 Å². The van der Waals surface area contributed by atoms with Crippen molar-refractivity contribution in [3.8, 4) is 11.5 Å². The van der Waals surface area contributed by atoms with Gasteiger partial charge in [0.15, 0.2) is 0 Å². The molecule has 0 fully saturated rings. The van der Waals surface area contributed by atoms with Crippen LogP contribution in [0.25, 0.3) is 10.8 Å². The maximum Gasteiger partial charge on any atom is 0.295 e. The van der Waals surface area contributed by atoms with Crippen molar-refractivity contribution in [2.24, 2.45) is 0 Å². The monoisotopic (exact) mass is 470 g/mol. The van der Waals surface area contributed by atoms with Crippen LogP contribution in [-0.4, -0.2) is 95.3 Å². The molecule has 8 nitrogen and oxygen atoms in total. The molecule has 0 aliphatic heterocycles. The van der Waals surface area contributed by atoms with E-state index in [2.05, 4.69) is 0 Å². The van der Waals surface area contributed by atoms with E-state index >= 15 is 0 Å². The molecule has 0 aliphatic rings. The average molecular weight is 470 g/mol. The molecular formula is C18H16Na2O8S2. The van der Waals surface area contributed by atoms with E-state index in [-0.39, 0.29) is 93.4 Å². The van der Waals surface area contributed by atoms with Crippen LogP contribution in [0.2, 0.25) is 0 Å². The predicted molar refractivity (Wildman–Crippen MR) is 112 cm³/mol. The second kappa shape index (κ2) is 9.86. The zero-order valence-corrected chi connectivity index (χ0v) is 22.1. The standard InChI is InChI=1S/C18H16O8S2.2Na/c1-10-6-15(19)11(8-17(10)27(21,22)23)7-14-12-4-2-3-5-13(12)18(9-16(14)20)28(24,25)26;;/h2-6,8-9,19-20H,7H2,1H3,(H,21,22,23)(H,24,25,26);;. The molecule has 0 amide bonds. The fourth-order valence-electron chi connectivity index (χ4n) is 3.11. The summed E-state index contributed by atoms with van der Waals surface area (Å²) in [5.41, 5.74) is 0.446. The van der Waals surface area contributed by atoms with Gasteiger partial charge in [-0.05, 0) is 35.6 Å². The summed E-state index contributed by atoms with van der Waals surface area (Å²) in [7, 11) is -9.13. The van der Waals surface area contributed by atoms with Crippen LogP contribution in [0.5, 0.6) is 11.5 Å². The van der Waals surface area contributed by atoms with Crippen LogP contribution < -0.4 is 0 Å². The molecule has 0 unspecified atom stereocenters. The van der Waals surface area contributed by atoms with Gasteiger partial charge in [-0.3, -0.25) is 9.11 Å². The molecule has 150 valence electrons. The van der Waals surface area contributed by atoms with E-state index in [1.54, 1.807) is 12.1 Å². The molecule has 3 rings (SSSR count).